The van der Waals surface area contributed by atoms with Crippen LogP contribution in [0.1, 0.15) is 34.6 Å². The molecule has 0 atom stereocenters. The summed E-state index contributed by atoms with van der Waals surface area (Å²) in [5, 5.41) is 0. The Balaban J connectivity index is 1.52. The Morgan fingerprint density at radius 2 is 1.59 bits per heavy atom. The molecule has 0 saturated heterocycles. The van der Waals surface area contributed by atoms with Gasteiger partial charge in [0.25, 0.3) is 0 Å². The van der Waals surface area contributed by atoms with Gasteiger partial charge in [-0.15, -0.1) is 0 Å². The fourth-order valence-electron chi connectivity index (χ4n) is 4.15. The van der Waals surface area contributed by atoms with Crippen molar-refractivity contribution in [3.05, 3.63) is 95.7 Å². The lowest BCUT2D eigenvalue weighted by molar-refractivity contribution is -0.133. The van der Waals surface area contributed by atoms with E-state index in [2.05, 4.69) is 4.98 Å². The van der Waals surface area contributed by atoms with E-state index in [9.17, 15) is 18.8 Å². The van der Waals surface area contributed by atoms with Crippen LogP contribution >= 0.6 is 0 Å². The van der Waals surface area contributed by atoms with Crippen LogP contribution in [0.5, 0.6) is 0 Å². The van der Waals surface area contributed by atoms with E-state index < -0.39 is 23.0 Å². The average molecular weight is 456 g/mol. The molecule has 1 fully saturated rings. The Morgan fingerprint density at radius 1 is 0.971 bits per heavy atom. The average Bonchev–Trinajstić information content (AvgIpc) is 3.54. The van der Waals surface area contributed by atoms with Gasteiger partial charge in [0.05, 0.1) is 6.20 Å². The monoisotopic (exact) mass is 456 g/mol. The summed E-state index contributed by atoms with van der Waals surface area (Å²) in [5.74, 6) is -1.82. The van der Waals surface area contributed by atoms with Crippen LogP contribution in [0.2, 0.25) is 0 Å². The first-order valence-electron chi connectivity index (χ1n) is 10.8. The Bertz CT molecular complexity index is 1440. The van der Waals surface area contributed by atoms with Gasteiger partial charge in [-0.3, -0.25) is 23.7 Å². The number of aryl methyl sites for hydroxylation is 1. The van der Waals surface area contributed by atoms with Gasteiger partial charge in [0.1, 0.15) is 22.6 Å². The molecule has 2 amide bonds. The summed E-state index contributed by atoms with van der Waals surface area (Å²) in [7, 11) is 0. The number of anilines is 2. The summed E-state index contributed by atoms with van der Waals surface area (Å²) >= 11 is 0. The fraction of sp³-hybridized carbons (Fsp3) is 0.154. The second-order valence-corrected chi connectivity index (χ2v) is 8.44. The molecule has 2 aromatic heterocycles. The van der Waals surface area contributed by atoms with E-state index in [1.165, 1.54) is 35.4 Å². The van der Waals surface area contributed by atoms with Crippen LogP contribution in [0.25, 0.3) is 5.65 Å². The fourth-order valence-corrected chi connectivity index (χ4v) is 4.15. The highest BCUT2D eigenvalue weighted by Crippen LogP contribution is 2.49. The second-order valence-electron chi connectivity index (χ2n) is 8.44. The van der Waals surface area contributed by atoms with Gasteiger partial charge in [-0.1, -0.05) is 6.07 Å². The van der Waals surface area contributed by atoms with Crippen LogP contribution in [0.3, 0.4) is 0 Å². The number of nitrogens with two attached hydrogens (primary N) is 1. The van der Waals surface area contributed by atoms with Gasteiger partial charge in [-0.2, -0.15) is 0 Å². The molecule has 2 aromatic carbocycles. The summed E-state index contributed by atoms with van der Waals surface area (Å²) in [4.78, 5) is 44.3. The maximum Gasteiger partial charge on any atom is 0.247 e. The van der Waals surface area contributed by atoms with Crippen LogP contribution < -0.4 is 10.6 Å². The molecule has 0 aliphatic heterocycles. The number of amides is 2. The summed E-state index contributed by atoms with van der Waals surface area (Å²) in [6, 6.07) is 17.5. The molecule has 170 valence electrons. The van der Waals surface area contributed by atoms with Gasteiger partial charge in [0.15, 0.2) is 0 Å². The minimum atomic E-state index is -1.27. The van der Waals surface area contributed by atoms with Crippen molar-refractivity contribution >= 4 is 34.6 Å². The van der Waals surface area contributed by atoms with Crippen LogP contribution in [-0.2, 0) is 9.59 Å². The van der Waals surface area contributed by atoms with Gasteiger partial charge in [-0.05, 0) is 80.4 Å². The molecule has 5 rings (SSSR count). The molecule has 1 saturated carbocycles. The van der Waals surface area contributed by atoms with Crippen molar-refractivity contribution in [2.45, 2.75) is 19.8 Å². The number of hydrogen-bond acceptors (Lipinski definition) is 4. The van der Waals surface area contributed by atoms with Gasteiger partial charge >= 0.3 is 0 Å². The zero-order valence-electron chi connectivity index (χ0n) is 18.4. The third kappa shape index (κ3) is 3.44. The standard InChI is InChI=1S/C26H21FN4O3/c1-16-3-2-4-22-29-15-21(30(16)22)23(32)17-5-9-19(10-6-17)31(20-11-7-18(27)8-12-20)25(34)26(13-14-26)24(28)33/h2-12,15H,13-14H2,1H3,(H2,28,33). The number of ketones is 1. The Hall–Kier alpha value is -4.33. The van der Waals surface area contributed by atoms with Crippen LogP contribution in [0, 0.1) is 18.2 Å². The predicted octanol–water partition coefficient (Wildman–Crippen LogP) is 3.94. The number of aromatic nitrogens is 2. The highest BCUT2D eigenvalue weighted by molar-refractivity contribution is 6.16. The van der Waals surface area contributed by atoms with Gasteiger partial charge in [0, 0.05) is 22.6 Å². The maximum absolute atomic E-state index is 13.5. The number of hydrogen-bond donors (Lipinski definition) is 1. The lowest BCUT2D eigenvalue weighted by Gasteiger charge is -2.26. The van der Waals surface area contributed by atoms with Crippen molar-refractivity contribution in [3.8, 4) is 0 Å². The number of primary amides is 1. The Kier molecular flexibility index (Phi) is 5.01. The number of fused-ring (bicyclic) bond motifs is 1. The van der Waals surface area contributed by atoms with Crippen LogP contribution in [0.15, 0.2) is 72.9 Å². The molecule has 0 bridgehead atoms. The lowest BCUT2D eigenvalue weighted by atomic mass is 10.0. The Morgan fingerprint density at radius 3 is 2.18 bits per heavy atom. The number of carbonyl (C=O) groups excluding carboxylic acids is 3. The Labute approximate surface area is 194 Å². The number of benzene rings is 2. The van der Waals surface area contributed by atoms with Gasteiger partial charge in [0.2, 0.25) is 17.6 Å². The molecule has 8 heteroatoms. The third-order valence-electron chi connectivity index (χ3n) is 6.26. The summed E-state index contributed by atoms with van der Waals surface area (Å²) in [6.45, 7) is 1.90. The maximum atomic E-state index is 13.5. The molecule has 1 aliphatic rings. The quantitative estimate of drug-likeness (QED) is 0.351. The minimum absolute atomic E-state index is 0.219. The summed E-state index contributed by atoms with van der Waals surface area (Å²) < 4.78 is 15.3. The molecular formula is C26H21FN4O3. The van der Waals surface area contributed by atoms with Crippen molar-refractivity contribution < 1.29 is 18.8 Å². The van der Waals surface area contributed by atoms with Crippen molar-refractivity contribution in [2.75, 3.05) is 4.90 Å². The van der Waals surface area contributed by atoms with Crippen molar-refractivity contribution in [3.63, 3.8) is 0 Å². The molecule has 7 nitrogen and oxygen atoms in total. The van der Waals surface area contributed by atoms with Crippen LogP contribution in [-0.4, -0.2) is 27.0 Å². The molecule has 0 radical (unpaired) electrons. The van der Waals surface area contributed by atoms with E-state index in [4.69, 9.17) is 5.73 Å². The number of nitrogens with zero attached hydrogens (tertiary/aromatic N) is 3. The van der Waals surface area contributed by atoms with Gasteiger partial charge < -0.3 is 5.73 Å². The minimum Gasteiger partial charge on any atom is -0.369 e. The first-order valence-corrected chi connectivity index (χ1v) is 10.8. The van der Waals surface area contributed by atoms with E-state index in [1.807, 2.05) is 25.1 Å². The molecule has 4 aromatic rings. The molecule has 0 spiro atoms. The van der Waals surface area contributed by atoms with Crippen molar-refractivity contribution in [2.24, 2.45) is 11.1 Å². The number of halogens is 1. The lowest BCUT2D eigenvalue weighted by Crippen LogP contribution is -2.41. The topological polar surface area (TPSA) is 97.8 Å². The smallest absolute Gasteiger partial charge is 0.247 e. The first kappa shape index (κ1) is 21.5. The van der Waals surface area contributed by atoms with E-state index in [-0.39, 0.29) is 5.78 Å². The van der Waals surface area contributed by atoms with Crippen LogP contribution in [0.4, 0.5) is 15.8 Å². The van der Waals surface area contributed by atoms with E-state index in [1.54, 1.807) is 28.7 Å². The highest BCUT2D eigenvalue weighted by atomic mass is 19.1. The zero-order valence-corrected chi connectivity index (χ0v) is 18.4. The zero-order chi connectivity index (χ0) is 24.0. The van der Waals surface area contributed by atoms with Crippen molar-refractivity contribution in [1.82, 2.24) is 9.38 Å². The number of rotatable bonds is 6. The third-order valence-corrected chi connectivity index (χ3v) is 6.26. The largest absolute Gasteiger partial charge is 0.369 e. The van der Waals surface area contributed by atoms with E-state index in [0.717, 1.165) is 5.69 Å². The second kappa shape index (κ2) is 7.91. The SMILES string of the molecule is Cc1cccc2ncc(C(=O)c3ccc(N(C(=O)C4(C(N)=O)CC4)c4ccc(F)cc4)cc3)n12. The van der Waals surface area contributed by atoms with E-state index >= 15 is 0 Å². The summed E-state index contributed by atoms with van der Waals surface area (Å²) in [6.07, 6.45) is 2.27. The molecule has 1 aliphatic carbocycles. The van der Waals surface area contributed by atoms with Gasteiger partial charge in [-0.25, -0.2) is 9.37 Å². The number of pyridine rings is 1. The predicted molar refractivity (Wildman–Crippen MR) is 124 cm³/mol. The highest BCUT2D eigenvalue weighted by Gasteiger charge is 2.57. The molecule has 34 heavy (non-hydrogen) atoms. The number of imidazole rings is 1. The molecular weight excluding hydrogens is 435 g/mol. The first-order chi connectivity index (χ1) is 16.3. The number of carbonyl (C=O) groups is 3. The normalized spacial score (nSPS) is 14.1. The molecule has 2 N–H and O–H groups in total. The van der Waals surface area contributed by atoms with Crippen molar-refractivity contribution in [1.29, 1.82) is 0 Å². The summed E-state index contributed by atoms with van der Waals surface area (Å²) in [5.41, 5.74) is 7.50. The molecule has 2 heterocycles. The molecule has 0 unspecified atom stereocenters. The van der Waals surface area contributed by atoms with E-state index in [0.29, 0.717) is 41.1 Å².